The van der Waals surface area contributed by atoms with Gasteiger partial charge in [0.05, 0.1) is 6.42 Å². The van der Waals surface area contributed by atoms with Gasteiger partial charge in [0.1, 0.15) is 5.75 Å². The molecule has 1 amide bonds. The number of phenols is 1. The maximum Gasteiger partial charge on any atom is 0.224 e. The van der Waals surface area contributed by atoms with Crippen molar-refractivity contribution in [2.45, 2.75) is 32.7 Å². The summed E-state index contributed by atoms with van der Waals surface area (Å²) < 4.78 is 0. The van der Waals surface area contributed by atoms with Crippen molar-refractivity contribution in [2.75, 3.05) is 0 Å². The van der Waals surface area contributed by atoms with Crippen LogP contribution < -0.4 is 5.32 Å². The molecular formula is C12H17NO2. The summed E-state index contributed by atoms with van der Waals surface area (Å²) >= 11 is 0. The molecule has 0 heterocycles. The Kier molecular flexibility index (Phi) is 3.35. The van der Waals surface area contributed by atoms with Crippen molar-refractivity contribution in [2.24, 2.45) is 0 Å². The van der Waals surface area contributed by atoms with Crippen molar-refractivity contribution in [1.82, 2.24) is 5.32 Å². The van der Waals surface area contributed by atoms with Gasteiger partial charge in [0.2, 0.25) is 5.91 Å². The first-order valence-corrected chi connectivity index (χ1v) is 4.96. The van der Waals surface area contributed by atoms with E-state index in [0.29, 0.717) is 6.42 Å². The van der Waals surface area contributed by atoms with Crippen molar-refractivity contribution in [3.05, 3.63) is 29.8 Å². The molecule has 0 spiro atoms. The number of benzene rings is 1. The highest BCUT2D eigenvalue weighted by Crippen LogP contribution is 2.10. The third-order valence-electron chi connectivity index (χ3n) is 1.82. The maximum atomic E-state index is 11.5. The lowest BCUT2D eigenvalue weighted by Crippen LogP contribution is -2.41. The Morgan fingerprint density at radius 2 is 1.80 bits per heavy atom. The van der Waals surface area contributed by atoms with Gasteiger partial charge in [-0.25, -0.2) is 0 Å². The zero-order valence-electron chi connectivity index (χ0n) is 9.37. The number of hydrogen-bond donors (Lipinski definition) is 2. The minimum atomic E-state index is -0.200. The van der Waals surface area contributed by atoms with Gasteiger partial charge in [0.15, 0.2) is 0 Å². The second-order valence-corrected chi connectivity index (χ2v) is 4.64. The zero-order chi connectivity index (χ0) is 11.5. The Morgan fingerprint density at radius 1 is 1.27 bits per heavy atom. The SMILES string of the molecule is CC(C)(C)NC(=O)Cc1ccc(O)cc1. The molecule has 0 radical (unpaired) electrons. The van der Waals surface area contributed by atoms with Gasteiger partial charge in [-0.1, -0.05) is 12.1 Å². The summed E-state index contributed by atoms with van der Waals surface area (Å²) in [5, 5.41) is 12.0. The average Bonchev–Trinajstić information content (AvgIpc) is 2.05. The van der Waals surface area contributed by atoms with Gasteiger partial charge in [-0.2, -0.15) is 0 Å². The van der Waals surface area contributed by atoms with Crippen LogP contribution in [0.1, 0.15) is 26.3 Å². The fourth-order valence-electron chi connectivity index (χ4n) is 1.26. The van der Waals surface area contributed by atoms with Gasteiger partial charge < -0.3 is 10.4 Å². The lowest BCUT2D eigenvalue weighted by atomic mass is 10.1. The number of phenolic OH excluding ortho intramolecular Hbond substituents is 1. The molecule has 3 nitrogen and oxygen atoms in total. The van der Waals surface area contributed by atoms with Gasteiger partial charge in [0, 0.05) is 5.54 Å². The molecule has 0 saturated carbocycles. The van der Waals surface area contributed by atoms with E-state index in [-0.39, 0.29) is 17.2 Å². The van der Waals surface area contributed by atoms with E-state index in [1.54, 1.807) is 24.3 Å². The molecular weight excluding hydrogens is 190 g/mol. The van der Waals surface area contributed by atoms with E-state index in [1.165, 1.54) is 0 Å². The molecule has 0 aliphatic carbocycles. The first-order chi connectivity index (χ1) is 6.87. The van der Waals surface area contributed by atoms with E-state index in [9.17, 15) is 4.79 Å². The summed E-state index contributed by atoms with van der Waals surface area (Å²) in [6.45, 7) is 5.84. The Labute approximate surface area is 90.1 Å². The average molecular weight is 207 g/mol. The summed E-state index contributed by atoms with van der Waals surface area (Å²) in [5.41, 5.74) is 0.697. The van der Waals surface area contributed by atoms with Crippen LogP contribution in [-0.4, -0.2) is 16.6 Å². The second-order valence-electron chi connectivity index (χ2n) is 4.64. The monoisotopic (exact) mass is 207 g/mol. The van der Waals surface area contributed by atoms with E-state index in [0.717, 1.165) is 5.56 Å². The Hall–Kier alpha value is -1.51. The first kappa shape index (κ1) is 11.6. The zero-order valence-corrected chi connectivity index (χ0v) is 9.37. The van der Waals surface area contributed by atoms with Crippen LogP contribution in [0.3, 0.4) is 0 Å². The highest BCUT2D eigenvalue weighted by atomic mass is 16.3. The van der Waals surface area contributed by atoms with E-state index < -0.39 is 0 Å². The van der Waals surface area contributed by atoms with Crippen LogP contribution >= 0.6 is 0 Å². The topological polar surface area (TPSA) is 49.3 Å². The Morgan fingerprint density at radius 3 is 2.27 bits per heavy atom. The van der Waals surface area contributed by atoms with E-state index >= 15 is 0 Å². The molecule has 0 aromatic heterocycles. The molecule has 82 valence electrons. The van der Waals surface area contributed by atoms with E-state index in [2.05, 4.69) is 5.32 Å². The van der Waals surface area contributed by atoms with Crippen molar-refractivity contribution in [1.29, 1.82) is 0 Å². The number of aromatic hydroxyl groups is 1. The largest absolute Gasteiger partial charge is 0.508 e. The number of hydrogen-bond acceptors (Lipinski definition) is 2. The molecule has 0 aliphatic heterocycles. The standard InChI is InChI=1S/C12H17NO2/c1-12(2,3)13-11(15)8-9-4-6-10(14)7-5-9/h4-7,14H,8H2,1-3H3,(H,13,15). The number of carbonyl (C=O) groups is 1. The molecule has 1 rings (SSSR count). The smallest absolute Gasteiger partial charge is 0.224 e. The molecule has 0 bridgehead atoms. The molecule has 15 heavy (non-hydrogen) atoms. The lowest BCUT2D eigenvalue weighted by Gasteiger charge is -2.20. The second kappa shape index (κ2) is 4.34. The van der Waals surface area contributed by atoms with Crippen LogP contribution in [-0.2, 0) is 11.2 Å². The normalized spacial score (nSPS) is 11.1. The number of carbonyl (C=O) groups excluding carboxylic acids is 1. The molecule has 0 unspecified atom stereocenters. The van der Waals surface area contributed by atoms with Gasteiger partial charge in [-0.15, -0.1) is 0 Å². The number of rotatable bonds is 2. The predicted molar refractivity (Wildman–Crippen MR) is 59.7 cm³/mol. The molecule has 1 aromatic carbocycles. The number of amides is 1. The summed E-state index contributed by atoms with van der Waals surface area (Å²) in [7, 11) is 0. The predicted octanol–water partition coefficient (Wildman–Crippen LogP) is 1.85. The van der Waals surface area contributed by atoms with E-state index in [1.807, 2.05) is 20.8 Å². The highest BCUT2D eigenvalue weighted by Gasteiger charge is 2.13. The molecule has 2 N–H and O–H groups in total. The molecule has 1 aromatic rings. The maximum absolute atomic E-state index is 11.5. The van der Waals surface area contributed by atoms with Crippen LogP contribution in [0, 0.1) is 0 Å². The molecule has 0 atom stereocenters. The van der Waals surface area contributed by atoms with Gasteiger partial charge >= 0.3 is 0 Å². The van der Waals surface area contributed by atoms with Crippen LogP contribution in [0.5, 0.6) is 5.75 Å². The Bertz CT molecular complexity index is 336. The fourth-order valence-corrected chi connectivity index (χ4v) is 1.26. The van der Waals surface area contributed by atoms with Crippen molar-refractivity contribution in [3.63, 3.8) is 0 Å². The van der Waals surface area contributed by atoms with Crippen LogP contribution in [0.25, 0.3) is 0 Å². The van der Waals surface area contributed by atoms with Crippen molar-refractivity contribution in [3.8, 4) is 5.75 Å². The quantitative estimate of drug-likeness (QED) is 0.777. The molecule has 0 aliphatic rings. The number of nitrogens with one attached hydrogen (secondary N) is 1. The molecule has 0 saturated heterocycles. The Balaban J connectivity index is 2.55. The summed E-state index contributed by atoms with van der Waals surface area (Å²) in [6.07, 6.45) is 0.345. The fraction of sp³-hybridized carbons (Fsp3) is 0.417. The van der Waals surface area contributed by atoms with Crippen LogP contribution in [0.15, 0.2) is 24.3 Å². The molecule has 3 heteroatoms. The third kappa shape index (κ3) is 4.49. The van der Waals surface area contributed by atoms with Gasteiger partial charge in [-0.3, -0.25) is 4.79 Å². The minimum absolute atomic E-state index is 0.00631. The van der Waals surface area contributed by atoms with Crippen molar-refractivity contribution < 1.29 is 9.90 Å². The summed E-state index contributed by atoms with van der Waals surface area (Å²) in [5.74, 6) is 0.211. The first-order valence-electron chi connectivity index (χ1n) is 4.96. The van der Waals surface area contributed by atoms with Gasteiger partial charge in [-0.05, 0) is 38.5 Å². The highest BCUT2D eigenvalue weighted by molar-refractivity contribution is 5.79. The lowest BCUT2D eigenvalue weighted by molar-refractivity contribution is -0.121. The third-order valence-corrected chi connectivity index (χ3v) is 1.82. The van der Waals surface area contributed by atoms with Gasteiger partial charge in [0.25, 0.3) is 0 Å². The summed E-state index contributed by atoms with van der Waals surface area (Å²) in [6, 6.07) is 6.66. The molecule has 0 fully saturated rings. The van der Waals surface area contributed by atoms with Crippen molar-refractivity contribution >= 4 is 5.91 Å². The summed E-state index contributed by atoms with van der Waals surface area (Å²) in [4.78, 5) is 11.5. The van der Waals surface area contributed by atoms with Crippen LogP contribution in [0.4, 0.5) is 0 Å². The minimum Gasteiger partial charge on any atom is -0.508 e. The van der Waals surface area contributed by atoms with E-state index in [4.69, 9.17) is 5.11 Å². The van der Waals surface area contributed by atoms with Crippen LogP contribution in [0.2, 0.25) is 0 Å².